The van der Waals surface area contributed by atoms with E-state index in [1.54, 1.807) is 0 Å². The van der Waals surface area contributed by atoms with Gasteiger partial charge in [0.25, 0.3) is 0 Å². The van der Waals surface area contributed by atoms with Gasteiger partial charge in [0.1, 0.15) is 0 Å². The molecule has 0 radical (unpaired) electrons. The fourth-order valence-electron chi connectivity index (χ4n) is 2.61. The van der Waals surface area contributed by atoms with Gasteiger partial charge >= 0.3 is 0 Å². The number of hydrogen-bond acceptors (Lipinski definition) is 2. The van der Waals surface area contributed by atoms with Crippen LogP contribution in [0.2, 0.25) is 0 Å². The zero-order valence-electron chi connectivity index (χ0n) is 10.2. The van der Waals surface area contributed by atoms with Crippen LogP contribution in [-0.4, -0.2) is 23.3 Å². The second-order valence-corrected chi connectivity index (χ2v) is 5.15. The second-order valence-electron chi connectivity index (χ2n) is 5.15. The molecule has 2 aliphatic rings. The maximum absolute atomic E-state index is 11.8. The van der Waals surface area contributed by atoms with E-state index in [0.29, 0.717) is 12.5 Å². The third-order valence-electron chi connectivity index (χ3n) is 3.94. The first-order chi connectivity index (χ1) is 7.69. The van der Waals surface area contributed by atoms with Crippen molar-refractivity contribution in [2.45, 2.75) is 46.0 Å². The number of rotatable bonds is 6. The summed E-state index contributed by atoms with van der Waals surface area (Å²) in [6.45, 7) is 4.99. The van der Waals surface area contributed by atoms with Crippen LogP contribution in [0.4, 0.5) is 0 Å². The van der Waals surface area contributed by atoms with Crippen molar-refractivity contribution >= 4 is 11.8 Å². The number of carbonyl (C=O) groups is 2. The zero-order chi connectivity index (χ0) is 11.7. The van der Waals surface area contributed by atoms with E-state index in [2.05, 4.69) is 13.8 Å². The van der Waals surface area contributed by atoms with Crippen LogP contribution < -0.4 is 0 Å². The first-order valence-electron chi connectivity index (χ1n) is 6.54. The van der Waals surface area contributed by atoms with Crippen molar-refractivity contribution in [1.29, 1.82) is 0 Å². The summed E-state index contributed by atoms with van der Waals surface area (Å²) in [7, 11) is 0. The second kappa shape index (κ2) is 4.56. The largest absolute Gasteiger partial charge is 0.282 e. The van der Waals surface area contributed by atoms with Crippen molar-refractivity contribution in [3.05, 3.63) is 0 Å². The summed E-state index contributed by atoms with van der Waals surface area (Å²) >= 11 is 0. The number of piperidine rings is 1. The molecule has 2 rings (SSSR count). The molecule has 2 fully saturated rings. The van der Waals surface area contributed by atoms with Gasteiger partial charge in [-0.05, 0) is 18.8 Å². The predicted molar refractivity (Wildman–Crippen MR) is 61.6 cm³/mol. The Hall–Kier alpha value is -0.860. The highest BCUT2D eigenvalue weighted by Crippen LogP contribution is 2.47. The Morgan fingerprint density at radius 1 is 1.25 bits per heavy atom. The van der Waals surface area contributed by atoms with Gasteiger partial charge in [0.2, 0.25) is 11.8 Å². The summed E-state index contributed by atoms with van der Waals surface area (Å²) in [5.41, 5.74) is 0. The van der Waals surface area contributed by atoms with Crippen LogP contribution in [0.5, 0.6) is 0 Å². The summed E-state index contributed by atoms with van der Waals surface area (Å²) in [5.74, 6) is 0.840. The molecule has 90 valence electrons. The average molecular weight is 223 g/mol. The van der Waals surface area contributed by atoms with Crippen molar-refractivity contribution in [1.82, 2.24) is 4.90 Å². The summed E-state index contributed by atoms with van der Waals surface area (Å²) < 4.78 is 0. The van der Waals surface area contributed by atoms with Gasteiger partial charge in [-0.3, -0.25) is 14.5 Å². The summed E-state index contributed by atoms with van der Waals surface area (Å²) in [6, 6.07) is 0. The molecular formula is C13H21NO2. The van der Waals surface area contributed by atoms with E-state index in [0.717, 1.165) is 19.3 Å². The molecule has 0 aromatic heterocycles. The molecular weight excluding hydrogens is 202 g/mol. The molecule has 0 aromatic carbocycles. The quantitative estimate of drug-likeness (QED) is 0.647. The fraction of sp³-hybridized carbons (Fsp3) is 0.846. The number of amides is 2. The van der Waals surface area contributed by atoms with E-state index < -0.39 is 0 Å². The molecule has 3 atom stereocenters. The van der Waals surface area contributed by atoms with Crippen molar-refractivity contribution in [2.75, 3.05) is 6.54 Å². The van der Waals surface area contributed by atoms with Crippen molar-refractivity contribution in [2.24, 2.45) is 17.8 Å². The Kier molecular flexibility index (Phi) is 3.31. The molecule has 3 nitrogen and oxygen atoms in total. The van der Waals surface area contributed by atoms with E-state index in [1.807, 2.05) is 0 Å². The smallest absolute Gasteiger partial charge is 0.233 e. The maximum Gasteiger partial charge on any atom is 0.233 e. The van der Waals surface area contributed by atoms with E-state index in [9.17, 15) is 9.59 Å². The lowest BCUT2D eigenvalue weighted by molar-refractivity contribution is -0.142. The minimum Gasteiger partial charge on any atom is -0.282 e. The molecule has 1 aliphatic carbocycles. The van der Waals surface area contributed by atoms with Crippen molar-refractivity contribution < 1.29 is 9.59 Å². The van der Waals surface area contributed by atoms with Gasteiger partial charge in [-0.1, -0.05) is 33.1 Å². The fourth-order valence-corrected chi connectivity index (χ4v) is 2.61. The number of unbranched alkanes of at least 4 members (excludes halogenated alkanes) is 1. The van der Waals surface area contributed by atoms with Crippen LogP contribution in [0, 0.1) is 17.8 Å². The first-order valence-corrected chi connectivity index (χ1v) is 6.54. The van der Waals surface area contributed by atoms with Gasteiger partial charge < -0.3 is 0 Å². The number of nitrogens with zero attached hydrogens (tertiary/aromatic N) is 1. The third kappa shape index (κ3) is 2.00. The molecule has 16 heavy (non-hydrogen) atoms. The van der Waals surface area contributed by atoms with Crippen LogP contribution in [0.3, 0.4) is 0 Å². The minimum atomic E-state index is 0.0659. The van der Waals surface area contributed by atoms with E-state index in [4.69, 9.17) is 0 Å². The number of carbonyl (C=O) groups excluding carboxylic acids is 2. The van der Waals surface area contributed by atoms with Crippen LogP contribution in [0.1, 0.15) is 46.0 Å². The maximum atomic E-state index is 11.8. The van der Waals surface area contributed by atoms with Crippen LogP contribution in [0.25, 0.3) is 0 Å². The molecule has 0 N–H and O–H groups in total. The summed E-state index contributed by atoms with van der Waals surface area (Å²) in [4.78, 5) is 25.1. The third-order valence-corrected chi connectivity index (χ3v) is 3.94. The Bertz CT molecular complexity index is 280. The predicted octanol–water partition coefficient (Wildman–Crippen LogP) is 2.21. The Morgan fingerprint density at radius 3 is 2.38 bits per heavy atom. The summed E-state index contributed by atoms with van der Waals surface area (Å²) in [6.07, 6.45) is 5.40. The van der Waals surface area contributed by atoms with Crippen molar-refractivity contribution in [3.63, 3.8) is 0 Å². The van der Waals surface area contributed by atoms with E-state index in [1.165, 1.54) is 17.7 Å². The number of hydrogen-bond donors (Lipinski definition) is 0. The van der Waals surface area contributed by atoms with Crippen LogP contribution in [0.15, 0.2) is 0 Å². The SMILES string of the molecule is CCCCC(CC)CN1C(=O)C2CC2C1=O. The van der Waals surface area contributed by atoms with Crippen LogP contribution in [-0.2, 0) is 9.59 Å². The average Bonchev–Trinajstić information content (AvgIpc) is 3.03. The monoisotopic (exact) mass is 223 g/mol. The molecule has 0 aromatic rings. The molecule has 1 heterocycles. The molecule has 1 saturated carbocycles. The van der Waals surface area contributed by atoms with Gasteiger partial charge in [-0.25, -0.2) is 0 Å². The van der Waals surface area contributed by atoms with Gasteiger partial charge in [0, 0.05) is 6.54 Å². The standard InChI is InChI=1S/C13H21NO2/c1-3-5-6-9(4-2)8-14-12(15)10-7-11(10)13(14)16/h9-11H,3-8H2,1-2H3. The normalized spacial score (nSPS) is 29.5. The molecule has 3 unspecified atom stereocenters. The van der Waals surface area contributed by atoms with Crippen molar-refractivity contribution in [3.8, 4) is 0 Å². The number of fused-ring (bicyclic) bond motifs is 1. The highest BCUT2D eigenvalue weighted by molar-refractivity contribution is 6.08. The topological polar surface area (TPSA) is 37.4 Å². The van der Waals surface area contributed by atoms with Crippen LogP contribution >= 0.6 is 0 Å². The lowest BCUT2D eigenvalue weighted by Crippen LogP contribution is -2.37. The van der Waals surface area contributed by atoms with Gasteiger partial charge in [0.15, 0.2) is 0 Å². The lowest BCUT2D eigenvalue weighted by Gasteiger charge is -2.22. The molecule has 2 amide bonds. The Labute approximate surface area is 97.2 Å². The Morgan fingerprint density at radius 2 is 1.88 bits per heavy atom. The molecule has 0 bridgehead atoms. The Balaban J connectivity index is 1.88. The summed E-state index contributed by atoms with van der Waals surface area (Å²) in [5, 5.41) is 0. The number of imide groups is 1. The minimum absolute atomic E-state index is 0.0659. The lowest BCUT2D eigenvalue weighted by atomic mass is 9.98. The molecule has 0 spiro atoms. The highest BCUT2D eigenvalue weighted by Gasteiger charge is 2.58. The van der Waals surface area contributed by atoms with Gasteiger partial charge in [-0.2, -0.15) is 0 Å². The van der Waals surface area contributed by atoms with Gasteiger partial charge in [0.05, 0.1) is 11.8 Å². The van der Waals surface area contributed by atoms with E-state index >= 15 is 0 Å². The van der Waals surface area contributed by atoms with Gasteiger partial charge in [-0.15, -0.1) is 0 Å². The zero-order valence-corrected chi connectivity index (χ0v) is 10.2. The molecule has 1 saturated heterocycles. The highest BCUT2D eigenvalue weighted by atomic mass is 16.2. The molecule has 1 aliphatic heterocycles. The van der Waals surface area contributed by atoms with E-state index in [-0.39, 0.29) is 23.7 Å². The first kappa shape index (κ1) is 11.6. The number of likely N-dealkylation sites (tertiary alicyclic amines) is 1. The molecule has 3 heteroatoms.